The normalized spacial score (nSPS) is 24.2. The van der Waals surface area contributed by atoms with E-state index in [0.717, 1.165) is 0 Å². The highest BCUT2D eigenvalue weighted by Gasteiger charge is 2.52. The van der Waals surface area contributed by atoms with Crippen molar-refractivity contribution in [1.82, 2.24) is 0 Å². The zero-order chi connectivity index (χ0) is 12.6. The Labute approximate surface area is 98.3 Å². The number of hydrogen-bond donors (Lipinski definition) is 1. The number of aliphatic hydroxyl groups excluding tert-OH is 1. The third kappa shape index (κ3) is 2.18. The topological polar surface area (TPSA) is 38.7 Å². The first kappa shape index (κ1) is 13.3. The van der Waals surface area contributed by atoms with Gasteiger partial charge in [0, 0.05) is 11.9 Å². The molecule has 4 heteroatoms. The second kappa shape index (κ2) is 4.26. The zero-order valence-electron chi connectivity index (χ0n) is 10.8. The number of allylic oxidation sites excluding steroid dienone is 3. The first-order valence-electron chi connectivity index (χ1n) is 5.65. The Kier molecular flexibility index (Phi) is 3.55. The van der Waals surface area contributed by atoms with Crippen molar-refractivity contribution in [3.63, 3.8) is 0 Å². The van der Waals surface area contributed by atoms with E-state index in [1.807, 2.05) is 34.6 Å². The predicted octanol–water partition coefficient (Wildman–Crippen LogP) is 3.03. The van der Waals surface area contributed by atoms with Crippen molar-refractivity contribution < 1.29 is 14.4 Å². The Bertz CT molecular complexity index is 302. The van der Waals surface area contributed by atoms with Crippen molar-refractivity contribution in [2.75, 3.05) is 0 Å². The van der Waals surface area contributed by atoms with Crippen LogP contribution in [0.25, 0.3) is 0 Å². The number of hydrogen-bond acceptors (Lipinski definition) is 3. The molecule has 0 aliphatic carbocycles. The first-order chi connectivity index (χ1) is 7.25. The highest BCUT2D eigenvalue weighted by atomic mass is 16.7. The second-order valence-electron chi connectivity index (χ2n) is 5.05. The van der Waals surface area contributed by atoms with Gasteiger partial charge < -0.3 is 14.4 Å². The molecule has 1 heterocycles. The second-order valence-corrected chi connectivity index (χ2v) is 5.05. The summed E-state index contributed by atoms with van der Waals surface area (Å²) >= 11 is 0. The molecule has 3 nitrogen and oxygen atoms in total. The van der Waals surface area contributed by atoms with Crippen LogP contribution in [-0.2, 0) is 9.31 Å². The Balaban J connectivity index is 2.99. The minimum absolute atomic E-state index is 0.272. The number of aliphatic hydroxyl groups is 1. The summed E-state index contributed by atoms with van der Waals surface area (Å²) in [5.41, 5.74) is -0.152. The maximum atomic E-state index is 9.77. The molecule has 0 aromatic heterocycles. The average molecular weight is 224 g/mol. The molecule has 16 heavy (non-hydrogen) atoms. The SMILES string of the molecule is C=C/C(B1OC(C)(C)C(C)(C)O1)=C(/O)CC. The van der Waals surface area contributed by atoms with Gasteiger partial charge in [-0.3, -0.25) is 0 Å². The quantitative estimate of drug-likeness (QED) is 0.455. The molecule has 1 aliphatic rings. The fraction of sp³-hybridized carbons (Fsp3) is 0.667. The maximum absolute atomic E-state index is 9.77. The summed E-state index contributed by atoms with van der Waals surface area (Å²) in [6, 6.07) is 0. The van der Waals surface area contributed by atoms with Crippen LogP contribution in [0, 0.1) is 0 Å². The average Bonchev–Trinajstić information content (AvgIpc) is 2.36. The van der Waals surface area contributed by atoms with Crippen LogP contribution >= 0.6 is 0 Å². The smallest absolute Gasteiger partial charge is 0.498 e. The summed E-state index contributed by atoms with van der Waals surface area (Å²) in [6.07, 6.45) is 2.15. The zero-order valence-corrected chi connectivity index (χ0v) is 10.8. The molecule has 0 aromatic rings. The van der Waals surface area contributed by atoms with E-state index >= 15 is 0 Å². The largest absolute Gasteiger partial charge is 0.513 e. The molecule has 0 spiro atoms. The summed E-state index contributed by atoms with van der Waals surface area (Å²) in [7, 11) is -0.526. The molecular formula is C12H21BO3. The third-order valence-electron chi connectivity index (χ3n) is 3.40. The van der Waals surface area contributed by atoms with E-state index in [1.165, 1.54) is 0 Å². The summed E-state index contributed by atoms with van der Waals surface area (Å²) in [5, 5.41) is 9.77. The van der Waals surface area contributed by atoms with Crippen LogP contribution in [0.3, 0.4) is 0 Å². The standard InChI is InChI=1S/C12H21BO3/c1-7-9(10(14)8-2)13-15-11(3,4)12(5,6)16-13/h7,14H,1,8H2,2-6H3/b10-9-. The molecule has 1 N–H and O–H groups in total. The van der Waals surface area contributed by atoms with Gasteiger partial charge in [-0.1, -0.05) is 19.6 Å². The third-order valence-corrected chi connectivity index (χ3v) is 3.40. The van der Waals surface area contributed by atoms with Gasteiger partial charge in [-0.05, 0) is 27.7 Å². The molecule has 0 bridgehead atoms. The lowest BCUT2D eigenvalue weighted by Crippen LogP contribution is -2.41. The van der Waals surface area contributed by atoms with Gasteiger partial charge in [0.05, 0.1) is 17.0 Å². The molecule has 1 saturated heterocycles. The number of rotatable bonds is 3. The molecule has 1 aliphatic heterocycles. The molecule has 0 radical (unpaired) electrons. The van der Waals surface area contributed by atoms with E-state index in [1.54, 1.807) is 6.08 Å². The van der Waals surface area contributed by atoms with Crippen LogP contribution in [0.2, 0.25) is 0 Å². The molecule has 0 amide bonds. The van der Waals surface area contributed by atoms with E-state index < -0.39 is 7.12 Å². The van der Waals surface area contributed by atoms with Gasteiger partial charge in [0.2, 0.25) is 0 Å². The van der Waals surface area contributed by atoms with E-state index in [-0.39, 0.29) is 17.0 Å². The van der Waals surface area contributed by atoms with Crippen LogP contribution in [-0.4, -0.2) is 23.4 Å². The Morgan fingerprint density at radius 3 is 2.00 bits per heavy atom. The lowest BCUT2D eigenvalue weighted by molar-refractivity contribution is 0.00578. The minimum Gasteiger partial charge on any atom is -0.513 e. The van der Waals surface area contributed by atoms with Crippen molar-refractivity contribution in [1.29, 1.82) is 0 Å². The lowest BCUT2D eigenvalue weighted by Gasteiger charge is -2.32. The first-order valence-corrected chi connectivity index (χ1v) is 5.65. The molecule has 0 unspecified atom stereocenters. The van der Waals surface area contributed by atoms with Gasteiger partial charge in [0.25, 0.3) is 0 Å². The fourth-order valence-electron chi connectivity index (χ4n) is 1.52. The van der Waals surface area contributed by atoms with Gasteiger partial charge in [0.15, 0.2) is 0 Å². The van der Waals surface area contributed by atoms with Gasteiger partial charge in [0.1, 0.15) is 0 Å². The Morgan fingerprint density at radius 2 is 1.69 bits per heavy atom. The van der Waals surface area contributed by atoms with Crippen LogP contribution < -0.4 is 0 Å². The highest BCUT2D eigenvalue weighted by Crippen LogP contribution is 2.39. The summed E-state index contributed by atoms with van der Waals surface area (Å²) in [5.74, 6) is 0.272. The maximum Gasteiger partial charge on any atom is 0.498 e. The monoisotopic (exact) mass is 224 g/mol. The molecule has 90 valence electrons. The fourth-order valence-corrected chi connectivity index (χ4v) is 1.52. The van der Waals surface area contributed by atoms with Crippen molar-refractivity contribution in [3.05, 3.63) is 23.9 Å². The van der Waals surface area contributed by atoms with Crippen LogP contribution in [0.5, 0.6) is 0 Å². The minimum atomic E-state index is -0.526. The van der Waals surface area contributed by atoms with E-state index in [9.17, 15) is 5.11 Å². The molecule has 0 aromatic carbocycles. The molecular weight excluding hydrogens is 203 g/mol. The Hall–Kier alpha value is -0.735. The van der Waals surface area contributed by atoms with Gasteiger partial charge in [-0.2, -0.15) is 0 Å². The molecule has 0 atom stereocenters. The molecule has 0 saturated carbocycles. The van der Waals surface area contributed by atoms with Gasteiger partial charge >= 0.3 is 7.12 Å². The van der Waals surface area contributed by atoms with Crippen molar-refractivity contribution >= 4 is 7.12 Å². The van der Waals surface area contributed by atoms with Gasteiger partial charge in [-0.25, -0.2) is 0 Å². The van der Waals surface area contributed by atoms with E-state index in [2.05, 4.69) is 6.58 Å². The van der Waals surface area contributed by atoms with Crippen molar-refractivity contribution in [2.45, 2.75) is 52.2 Å². The molecule has 1 fully saturated rings. The highest BCUT2D eigenvalue weighted by molar-refractivity contribution is 6.55. The van der Waals surface area contributed by atoms with Crippen LogP contribution in [0.1, 0.15) is 41.0 Å². The van der Waals surface area contributed by atoms with Gasteiger partial charge in [-0.15, -0.1) is 0 Å². The van der Waals surface area contributed by atoms with E-state index in [4.69, 9.17) is 9.31 Å². The summed E-state index contributed by atoms with van der Waals surface area (Å²) in [6.45, 7) is 13.5. The van der Waals surface area contributed by atoms with Crippen molar-refractivity contribution in [2.24, 2.45) is 0 Å². The van der Waals surface area contributed by atoms with Crippen LogP contribution in [0.15, 0.2) is 23.9 Å². The Morgan fingerprint density at radius 1 is 1.25 bits per heavy atom. The lowest BCUT2D eigenvalue weighted by atomic mass is 9.77. The summed E-state index contributed by atoms with van der Waals surface area (Å²) < 4.78 is 11.7. The predicted molar refractivity (Wildman–Crippen MR) is 66.2 cm³/mol. The molecule has 1 rings (SSSR count). The van der Waals surface area contributed by atoms with Crippen molar-refractivity contribution in [3.8, 4) is 0 Å². The van der Waals surface area contributed by atoms with E-state index in [0.29, 0.717) is 11.9 Å². The summed E-state index contributed by atoms with van der Waals surface area (Å²) in [4.78, 5) is 0. The van der Waals surface area contributed by atoms with Crippen LogP contribution in [0.4, 0.5) is 0 Å².